The van der Waals surface area contributed by atoms with Gasteiger partial charge >= 0.3 is 0 Å². The number of amides is 2. The van der Waals surface area contributed by atoms with Crippen LogP contribution in [0.15, 0.2) is 106 Å². The Balaban J connectivity index is 1.15. The maximum Gasteiger partial charge on any atom is 0.269 e. The van der Waals surface area contributed by atoms with Gasteiger partial charge in [-0.1, -0.05) is 18.2 Å². The number of nitrogens with one attached hydrogen (secondary N) is 2. The molecule has 2 amide bonds. The zero-order valence-corrected chi connectivity index (χ0v) is 20.6. The van der Waals surface area contributed by atoms with Gasteiger partial charge in [0.2, 0.25) is 11.8 Å². The van der Waals surface area contributed by atoms with E-state index in [1.165, 1.54) is 36.0 Å². The number of nitro groups is 1. The molecule has 0 aliphatic carbocycles. The summed E-state index contributed by atoms with van der Waals surface area (Å²) in [5.41, 5.74) is 3.72. The van der Waals surface area contributed by atoms with Crippen molar-refractivity contribution in [2.75, 3.05) is 16.4 Å². The summed E-state index contributed by atoms with van der Waals surface area (Å²) in [6.07, 6.45) is 0. The number of thioether (sulfide) groups is 1. The maximum absolute atomic E-state index is 12.5. The van der Waals surface area contributed by atoms with Crippen molar-refractivity contribution < 1.29 is 18.9 Å². The molecule has 0 bridgehead atoms. The number of aromatic nitrogens is 1. The fraction of sp³-hybridized carbons (Fsp3) is 0.0357. The van der Waals surface area contributed by atoms with Crippen molar-refractivity contribution in [3.8, 4) is 11.5 Å². The quantitative estimate of drug-likeness (QED) is 0.137. The molecule has 0 saturated heterocycles. The number of nitro benzene ring substituents is 1. The molecular formula is C28H20N4O5S. The predicted octanol–water partition coefficient (Wildman–Crippen LogP) is 6.39. The molecule has 0 unspecified atom stereocenters. The number of non-ortho nitro benzene ring substituents is 1. The number of carbonyl (C=O) groups is 2. The highest BCUT2D eigenvalue weighted by atomic mass is 32.2. The molecule has 0 saturated carbocycles. The Kier molecular flexibility index (Phi) is 7.14. The van der Waals surface area contributed by atoms with Crippen LogP contribution < -0.4 is 10.6 Å². The molecule has 38 heavy (non-hydrogen) atoms. The highest BCUT2D eigenvalue weighted by Crippen LogP contribution is 2.26. The average Bonchev–Trinajstić information content (AvgIpc) is 3.37. The lowest BCUT2D eigenvalue weighted by Gasteiger charge is -2.08. The summed E-state index contributed by atoms with van der Waals surface area (Å²) in [6, 6.07) is 27.3. The zero-order valence-electron chi connectivity index (χ0n) is 19.8. The highest BCUT2D eigenvalue weighted by molar-refractivity contribution is 8.00. The number of hydrogen-bond donors (Lipinski definition) is 2. The number of fused-ring (bicyclic) bond motifs is 1. The minimum Gasteiger partial charge on any atom is -0.436 e. The van der Waals surface area contributed by atoms with Gasteiger partial charge in [-0.15, -0.1) is 11.8 Å². The molecule has 0 radical (unpaired) electrons. The van der Waals surface area contributed by atoms with Crippen LogP contribution in [-0.4, -0.2) is 27.5 Å². The predicted molar refractivity (Wildman–Crippen MR) is 146 cm³/mol. The summed E-state index contributed by atoms with van der Waals surface area (Å²) in [5, 5.41) is 16.4. The second-order valence-electron chi connectivity index (χ2n) is 8.19. The van der Waals surface area contributed by atoms with E-state index in [2.05, 4.69) is 15.6 Å². The smallest absolute Gasteiger partial charge is 0.269 e. The first kappa shape index (κ1) is 24.7. The molecular weight excluding hydrogens is 504 g/mol. The largest absolute Gasteiger partial charge is 0.436 e. The lowest BCUT2D eigenvalue weighted by Crippen LogP contribution is -2.14. The van der Waals surface area contributed by atoms with E-state index in [9.17, 15) is 19.7 Å². The van der Waals surface area contributed by atoms with E-state index in [1.807, 2.05) is 42.5 Å². The van der Waals surface area contributed by atoms with Gasteiger partial charge in [-0.2, -0.15) is 0 Å². The van der Waals surface area contributed by atoms with Crippen LogP contribution in [-0.2, 0) is 4.79 Å². The molecule has 1 heterocycles. The molecule has 0 spiro atoms. The van der Waals surface area contributed by atoms with Gasteiger partial charge in [0.1, 0.15) is 5.52 Å². The van der Waals surface area contributed by atoms with Crippen molar-refractivity contribution in [2.24, 2.45) is 0 Å². The molecule has 5 rings (SSSR count). The Labute approximate surface area is 221 Å². The molecule has 2 N–H and O–H groups in total. The van der Waals surface area contributed by atoms with E-state index in [0.717, 1.165) is 16.0 Å². The molecule has 0 aliphatic heterocycles. The van der Waals surface area contributed by atoms with Crippen LogP contribution in [0.25, 0.3) is 22.6 Å². The summed E-state index contributed by atoms with van der Waals surface area (Å²) in [5.74, 6) is 0.123. The van der Waals surface area contributed by atoms with E-state index in [1.54, 1.807) is 30.3 Å². The van der Waals surface area contributed by atoms with Crippen LogP contribution in [0.2, 0.25) is 0 Å². The van der Waals surface area contributed by atoms with Gasteiger partial charge in [-0.25, -0.2) is 4.98 Å². The number of nitrogens with zero attached hydrogens (tertiary/aromatic N) is 2. The minimum absolute atomic E-state index is 0.0858. The summed E-state index contributed by atoms with van der Waals surface area (Å²) in [7, 11) is 0. The van der Waals surface area contributed by atoms with E-state index in [0.29, 0.717) is 28.4 Å². The van der Waals surface area contributed by atoms with Gasteiger partial charge in [0, 0.05) is 39.5 Å². The number of para-hydroxylation sites is 2. The summed E-state index contributed by atoms with van der Waals surface area (Å²) < 4.78 is 5.78. The number of hydrogen-bond acceptors (Lipinski definition) is 7. The van der Waals surface area contributed by atoms with Gasteiger partial charge in [0.25, 0.3) is 11.6 Å². The molecule has 10 heteroatoms. The summed E-state index contributed by atoms with van der Waals surface area (Å²) in [6.45, 7) is 0. The monoisotopic (exact) mass is 524 g/mol. The third-order valence-corrected chi connectivity index (χ3v) is 6.51. The van der Waals surface area contributed by atoms with Crippen LogP contribution in [0, 0.1) is 10.1 Å². The molecule has 5 aromatic rings. The first-order chi connectivity index (χ1) is 18.4. The van der Waals surface area contributed by atoms with Crippen LogP contribution in [0.4, 0.5) is 17.1 Å². The van der Waals surface area contributed by atoms with Crippen molar-refractivity contribution >= 4 is 51.7 Å². The van der Waals surface area contributed by atoms with Crippen molar-refractivity contribution in [1.82, 2.24) is 4.98 Å². The number of anilines is 2. The van der Waals surface area contributed by atoms with Gasteiger partial charge in [-0.05, 0) is 66.7 Å². The van der Waals surface area contributed by atoms with Crippen molar-refractivity contribution in [3.05, 3.63) is 113 Å². The molecule has 4 aromatic carbocycles. The molecule has 1 aromatic heterocycles. The highest BCUT2D eigenvalue weighted by Gasteiger charge is 2.11. The molecule has 9 nitrogen and oxygen atoms in total. The standard InChI is InChI=1S/C28H20N4O5S/c33-26(29-20-12-8-19(9-13-20)28-31-24-6-1-2-7-25(24)37-28)17-38-23-5-3-4-21(16-23)30-27(34)18-10-14-22(15-11-18)32(35)36/h1-16H,17H2,(H,29,33)(H,30,34). The lowest BCUT2D eigenvalue weighted by atomic mass is 10.2. The van der Waals surface area contributed by atoms with E-state index < -0.39 is 4.92 Å². The minimum atomic E-state index is -0.520. The Morgan fingerprint density at radius 2 is 1.63 bits per heavy atom. The van der Waals surface area contributed by atoms with Gasteiger partial charge < -0.3 is 15.1 Å². The van der Waals surface area contributed by atoms with Crippen molar-refractivity contribution in [1.29, 1.82) is 0 Å². The number of rotatable bonds is 8. The summed E-state index contributed by atoms with van der Waals surface area (Å²) >= 11 is 1.33. The Morgan fingerprint density at radius 1 is 0.868 bits per heavy atom. The van der Waals surface area contributed by atoms with Crippen LogP contribution in [0.1, 0.15) is 10.4 Å². The Hall–Kier alpha value is -4.96. The van der Waals surface area contributed by atoms with Crippen molar-refractivity contribution in [3.63, 3.8) is 0 Å². The maximum atomic E-state index is 12.5. The topological polar surface area (TPSA) is 127 Å². The van der Waals surface area contributed by atoms with Gasteiger partial charge in [0.15, 0.2) is 5.58 Å². The lowest BCUT2D eigenvalue weighted by molar-refractivity contribution is -0.384. The first-order valence-corrected chi connectivity index (χ1v) is 12.5. The Bertz CT molecular complexity index is 1600. The third kappa shape index (κ3) is 5.88. The molecule has 0 aliphatic rings. The first-order valence-electron chi connectivity index (χ1n) is 11.5. The van der Waals surface area contributed by atoms with E-state index in [-0.39, 0.29) is 23.3 Å². The van der Waals surface area contributed by atoms with Crippen molar-refractivity contribution in [2.45, 2.75) is 4.90 Å². The zero-order chi connectivity index (χ0) is 26.5. The molecule has 0 fully saturated rings. The molecule has 188 valence electrons. The third-order valence-electron chi connectivity index (χ3n) is 5.51. The second-order valence-corrected chi connectivity index (χ2v) is 9.24. The van der Waals surface area contributed by atoms with Crippen LogP contribution >= 0.6 is 11.8 Å². The number of oxazole rings is 1. The van der Waals surface area contributed by atoms with Gasteiger partial charge in [0.05, 0.1) is 10.7 Å². The van der Waals surface area contributed by atoms with Crippen LogP contribution in [0.3, 0.4) is 0 Å². The summed E-state index contributed by atoms with van der Waals surface area (Å²) in [4.78, 5) is 40.5. The normalized spacial score (nSPS) is 10.7. The van der Waals surface area contributed by atoms with Crippen LogP contribution in [0.5, 0.6) is 0 Å². The SMILES string of the molecule is O=C(CSc1cccc(NC(=O)c2ccc([N+](=O)[O-])cc2)c1)Nc1ccc(-c2nc3ccccc3o2)cc1. The second kappa shape index (κ2) is 11.0. The van der Waals surface area contributed by atoms with E-state index in [4.69, 9.17) is 4.42 Å². The fourth-order valence-electron chi connectivity index (χ4n) is 3.64. The fourth-order valence-corrected chi connectivity index (χ4v) is 4.39. The number of carbonyl (C=O) groups excluding carboxylic acids is 2. The molecule has 0 atom stereocenters. The van der Waals surface area contributed by atoms with Gasteiger partial charge in [-0.3, -0.25) is 19.7 Å². The Morgan fingerprint density at radius 3 is 2.37 bits per heavy atom. The average molecular weight is 525 g/mol. The van der Waals surface area contributed by atoms with E-state index >= 15 is 0 Å². The number of benzene rings is 4.